The summed E-state index contributed by atoms with van der Waals surface area (Å²) in [6.07, 6.45) is 3.11. The summed E-state index contributed by atoms with van der Waals surface area (Å²) in [6.45, 7) is 0. The van der Waals surface area contributed by atoms with Crippen LogP contribution in [-0.4, -0.2) is 20.4 Å². The maximum atomic E-state index is 12.1. The number of halogens is 2. The van der Waals surface area contributed by atoms with Crippen LogP contribution in [0.4, 0.5) is 5.69 Å². The normalized spacial score (nSPS) is 23.2. The summed E-state index contributed by atoms with van der Waals surface area (Å²) in [5, 5.41) is 3.44. The average molecular weight is 320 g/mol. The molecule has 0 bridgehead atoms. The fourth-order valence-electron chi connectivity index (χ4n) is 1.94. The van der Waals surface area contributed by atoms with Gasteiger partial charge in [-0.25, -0.2) is 18.1 Å². The minimum atomic E-state index is -3.65. The Morgan fingerprint density at radius 2 is 1.89 bits per heavy atom. The lowest BCUT2D eigenvalue weighted by atomic mass is 9.94. The molecule has 1 aliphatic heterocycles. The highest BCUT2D eigenvalue weighted by Gasteiger charge is 2.29. The number of benzene rings is 1. The average Bonchev–Trinajstić information content (AvgIpc) is 2.26. The van der Waals surface area contributed by atoms with Crippen LogP contribution in [-0.2, 0) is 10.0 Å². The molecular weight excluding hydrogens is 309 g/mol. The fourth-order valence-corrected chi connectivity index (χ4v) is 3.47. The third kappa shape index (κ3) is 2.40. The van der Waals surface area contributed by atoms with E-state index in [0.717, 1.165) is 19.3 Å². The third-order valence-electron chi connectivity index (χ3n) is 3.18. The lowest BCUT2D eigenvalue weighted by Crippen LogP contribution is -2.42. The molecule has 0 amide bonds. The van der Waals surface area contributed by atoms with E-state index in [-0.39, 0.29) is 21.9 Å². The van der Waals surface area contributed by atoms with Gasteiger partial charge in [0.25, 0.3) is 10.0 Å². The summed E-state index contributed by atoms with van der Waals surface area (Å²) in [7, 11) is -3.65. The molecule has 0 radical (unpaired) electrons. The molecule has 0 aromatic heterocycles. The second-order valence-electron chi connectivity index (χ2n) is 4.56. The first-order valence-electron chi connectivity index (χ1n) is 5.82. The van der Waals surface area contributed by atoms with Gasteiger partial charge in [0, 0.05) is 0 Å². The summed E-state index contributed by atoms with van der Waals surface area (Å²) < 4.78 is 26.6. The SMILES string of the molecule is O=S1(=O)NC(=NC2CCC2)Nc2cc(Cl)c(Cl)cc21. The van der Waals surface area contributed by atoms with Crippen molar-refractivity contribution in [3.05, 3.63) is 22.2 Å². The number of anilines is 1. The van der Waals surface area contributed by atoms with Gasteiger partial charge < -0.3 is 5.32 Å². The van der Waals surface area contributed by atoms with Crippen molar-refractivity contribution in [3.63, 3.8) is 0 Å². The zero-order chi connectivity index (χ0) is 13.6. The van der Waals surface area contributed by atoms with Crippen molar-refractivity contribution < 1.29 is 8.42 Å². The van der Waals surface area contributed by atoms with Crippen LogP contribution in [0.5, 0.6) is 0 Å². The Labute approximate surface area is 121 Å². The molecule has 1 saturated carbocycles. The fraction of sp³-hybridized carbons (Fsp3) is 0.364. The number of nitrogens with one attached hydrogen (secondary N) is 2. The van der Waals surface area contributed by atoms with Gasteiger partial charge in [-0.1, -0.05) is 23.2 Å². The molecule has 19 heavy (non-hydrogen) atoms. The van der Waals surface area contributed by atoms with Gasteiger partial charge >= 0.3 is 0 Å². The molecule has 0 saturated heterocycles. The molecule has 0 atom stereocenters. The van der Waals surface area contributed by atoms with Crippen molar-refractivity contribution in [2.75, 3.05) is 5.32 Å². The number of hydrogen-bond donors (Lipinski definition) is 2. The zero-order valence-electron chi connectivity index (χ0n) is 9.78. The Morgan fingerprint density at radius 3 is 2.53 bits per heavy atom. The Hall–Kier alpha value is -0.980. The van der Waals surface area contributed by atoms with E-state index in [0.29, 0.717) is 10.7 Å². The minimum Gasteiger partial charge on any atom is -0.324 e. The first-order chi connectivity index (χ1) is 8.95. The van der Waals surface area contributed by atoms with Crippen LogP contribution in [0.15, 0.2) is 22.0 Å². The highest BCUT2D eigenvalue weighted by atomic mass is 35.5. The largest absolute Gasteiger partial charge is 0.324 e. The third-order valence-corrected chi connectivity index (χ3v) is 5.28. The number of sulfonamides is 1. The standard InChI is InChI=1S/C11H11Cl2N3O2S/c12-7-4-9-10(5-8(7)13)19(17,18)16-11(15-9)14-6-2-1-3-6/h4-6H,1-3H2,(H2,14,15,16). The first kappa shape index (κ1) is 13.0. The minimum absolute atomic E-state index is 0.0782. The van der Waals surface area contributed by atoms with Gasteiger partial charge in [0.2, 0.25) is 5.96 Å². The molecule has 2 aliphatic rings. The van der Waals surface area contributed by atoms with Crippen LogP contribution in [0.25, 0.3) is 0 Å². The zero-order valence-corrected chi connectivity index (χ0v) is 12.1. The summed E-state index contributed by atoms with van der Waals surface area (Å²) in [5.74, 6) is 0.246. The Balaban J connectivity index is 2.04. The molecule has 1 heterocycles. The topological polar surface area (TPSA) is 70.6 Å². The van der Waals surface area contributed by atoms with Crippen LogP contribution in [0.2, 0.25) is 10.0 Å². The molecular formula is C11H11Cl2N3O2S. The van der Waals surface area contributed by atoms with Crippen molar-refractivity contribution >= 4 is 44.9 Å². The summed E-state index contributed by atoms with van der Waals surface area (Å²) in [5.41, 5.74) is 0.395. The number of nitrogens with zero attached hydrogens (tertiary/aromatic N) is 1. The quantitative estimate of drug-likeness (QED) is 0.835. The van der Waals surface area contributed by atoms with E-state index >= 15 is 0 Å². The molecule has 5 nitrogen and oxygen atoms in total. The van der Waals surface area contributed by atoms with E-state index in [4.69, 9.17) is 23.2 Å². The number of fused-ring (bicyclic) bond motifs is 1. The van der Waals surface area contributed by atoms with E-state index in [1.54, 1.807) is 0 Å². The van der Waals surface area contributed by atoms with Gasteiger partial charge in [0.05, 0.1) is 21.8 Å². The van der Waals surface area contributed by atoms with Crippen molar-refractivity contribution in [2.45, 2.75) is 30.2 Å². The molecule has 0 unspecified atom stereocenters. The van der Waals surface area contributed by atoms with Gasteiger partial charge in [-0.2, -0.15) is 0 Å². The Kier molecular flexibility index (Phi) is 3.11. The van der Waals surface area contributed by atoms with Gasteiger partial charge in [0.15, 0.2) is 0 Å². The lowest BCUT2D eigenvalue weighted by molar-refractivity contribution is 0.419. The van der Waals surface area contributed by atoms with Crippen molar-refractivity contribution in [1.82, 2.24) is 4.72 Å². The van der Waals surface area contributed by atoms with Gasteiger partial charge in [0.1, 0.15) is 4.90 Å². The predicted molar refractivity (Wildman–Crippen MR) is 75.5 cm³/mol. The van der Waals surface area contributed by atoms with Crippen molar-refractivity contribution in [3.8, 4) is 0 Å². The number of guanidine groups is 1. The molecule has 2 N–H and O–H groups in total. The summed E-state index contributed by atoms with van der Waals surface area (Å²) in [4.78, 5) is 4.41. The highest BCUT2D eigenvalue weighted by Crippen LogP contribution is 2.33. The van der Waals surface area contributed by atoms with Crippen LogP contribution in [0, 0.1) is 0 Å². The predicted octanol–water partition coefficient (Wildman–Crippen LogP) is 2.61. The van der Waals surface area contributed by atoms with Gasteiger partial charge in [-0.15, -0.1) is 0 Å². The maximum Gasteiger partial charge on any atom is 0.266 e. The van der Waals surface area contributed by atoms with Gasteiger partial charge in [-0.3, -0.25) is 0 Å². The second-order valence-corrected chi connectivity index (χ2v) is 7.02. The van der Waals surface area contributed by atoms with E-state index in [1.165, 1.54) is 12.1 Å². The molecule has 3 rings (SSSR count). The van der Waals surface area contributed by atoms with Crippen molar-refractivity contribution in [2.24, 2.45) is 4.99 Å². The molecule has 8 heteroatoms. The van der Waals surface area contributed by atoms with Crippen LogP contribution in [0.1, 0.15) is 19.3 Å². The monoisotopic (exact) mass is 319 g/mol. The molecule has 1 fully saturated rings. The Bertz CT molecular complexity index is 669. The molecule has 1 aromatic carbocycles. The van der Waals surface area contributed by atoms with Crippen LogP contribution in [0.3, 0.4) is 0 Å². The van der Waals surface area contributed by atoms with E-state index in [2.05, 4.69) is 15.0 Å². The highest BCUT2D eigenvalue weighted by molar-refractivity contribution is 7.90. The van der Waals surface area contributed by atoms with E-state index < -0.39 is 10.0 Å². The van der Waals surface area contributed by atoms with Crippen molar-refractivity contribution in [1.29, 1.82) is 0 Å². The summed E-state index contributed by atoms with van der Waals surface area (Å²) >= 11 is 11.7. The van der Waals surface area contributed by atoms with E-state index in [1.807, 2.05) is 0 Å². The van der Waals surface area contributed by atoms with Gasteiger partial charge in [-0.05, 0) is 31.4 Å². The number of rotatable bonds is 1. The Morgan fingerprint density at radius 1 is 1.21 bits per heavy atom. The number of hydrogen-bond acceptors (Lipinski definition) is 3. The molecule has 1 aliphatic carbocycles. The van der Waals surface area contributed by atoms with Crippen LogP contribution >= 0.6 is 23.2 Å². The number of aliphatic imine (C=N–C) groups is 1. The smallest absolute Gasteiger partial charge is 0.266 e. The summed E-state index contributed by atoms with van der Waals surface area (Å²) in [6, 6.07) is 3.01. The maximum absolute atomic E-state index is 12.1. The second kappa shape index (κ2) is 4.54. The van der Waals surface area contributed by atoms with Crippen LogP contribution < -0.4 is 10.0 Å². The molecule has 0 spiro atoms. The van der Waals surface area contributed by atoms with E-state index in [9.17, 15) is 8.42 Å². The first-order valence-corrected chi connectivity index (χ1v) is 8.06. The lowest BCUT2D eigenvalue weighted by Gasteiger charge is -2.26. The molecule has 102 valence electrons. The molecule has 1 aromatic rings.